The topological polar surface area (TPSA) is 90.1 Å². The largest absolute Gasteiger partial charge is 0.467 e. The summed E-state index contributed by atoms with van der Waals surface area (Å²) in [6, 6.07) is 11.1. The Bertz CT molecular complexity index is 741. The molecular formula is C20H28N4O3. The maximum Gasteiger partial charge on any atom is 0.253 e. The van der Waals surface area contributed by atoms with Gasteiger partial charge in [0.05, 0.1) is 12.8 Å². The van der Waals surface area contributed by atoms with Crippen LogP contribution in [0.4, 0.5) is 0 Å². The lowest BCUT2D eigenvalue weighted by Gasteiger charge is -2.13. The van der Waals surface area contributed by atoms with Gasteiger partial charge in [-0.25, -0.2) is 0 Å². The number of hydrogen-bond donors (Lipinski definition) is 3. The fraction of sp³-hybridized carbons (Fsp3) is 0.400. The van der Waals surface area contributed by atoms with E-state index in [0.717, 1.165) is 18.5 Å². The van der Waals surface area contributed by atoms with Crippen molar-refractivity contribution in [2.45, 2.75) is 19.4 Å². The average molecular weight is 372 g/mol. The smallest absolute Gasteiger partial charge is 0.253 e. The van der Waals surface area contributed by atoms with Crippen molar-refractivity contribution < 1.29 is 14.3 Å². The first-order valence-electron chi connectivity index (χ1n) is 9.05. The van der Waals surface area contributed by atoms with Crippen LogP contribution in [0, 0.1) is 0 Å². The molecule has 2 aromatic rings. The van der Waals surface area contributed by atoms with Gasteiger partial charge in [0.15, 0.2) is 5.96 Å². The van der Waals surface area contributed by atoms with Crippen LogP contribution in [0.1, 0.15) is 34.7 Å². The van der Waals surface area contributed by atoms with E-state index >= 15 is 0 Å². The molecule has 0 saturated carbocycles. The molecule has 1 heterocycles. The van der Waals surface area contributed by atoms with Gasteiger partial charge in [-0.15, -0.1) is 0 Å². The number of hydrogen-bond acceptors (Lipinski definition) is 4. The van der Waals surface area contributed by atoms with Crippen LogP contribution < -0.4 is 10.6 Å². The summed E-state index contributed by atoms with van der Waals surface area (Å²) in [6.45, 7) is 3.56. The molecule has 3 N–H and O–H groups in total. The van der Waals surface area contributed by atoms with Gasteiger partial charge in [-0.2, -0.15) is 0 Å². The highest BCUT2D eigenvalue weighted by Crippen LogP contribution is 2.13. The monoisotopic (exact) mass is 372 g/mol. The number of carbonyl (C=O) groups excluding carboxylic acids is 1. The lowest BCUT2D eigenvalue weighted by atomic mass is 10.1. The van der Waals surface area contributed by atoms with Gasteiger partial charge in [-0.3, -0.25) is 9.79 Å². The van der Waals surface area contributed by atoms with Crippen molar-refractivity contribution in [1.29, 1.82) is 0 Å². The zero-order valence-electron chi connectivity index (χ0n) is 16.1. The second-order valence-electron chi connectivity index (χ2n) is 6.33. The number of aliphatic imine (C=N–C) groups is 1. The molecule has 0 aliphatic heterocycles. The van der Waals surface area contributed by atoms with Crippen molar-refractivity contribution in [3.63, 3.8) is 0 Å². The fourth-order valence-electron chi connectivity index (χ4n) is 2.53. The summed E-state index contributed by atoms with van der Waals surface area (Å²) in [4.78, 5) is 18.0. The van der Waals surface area contributed by atoms with E-state index in [4.69, 9.17) is 4.42 Å². The highest BCUT2D eigenvalue weighted by Gasteiger charge is 2.10. The van der Waals surface area contributed by atoms with E-state index in [0.29, 0.717) is 23.8 Å². The Morgan fingerprint density at radius 1 is 1.26 bits per heavy atom. The zero-order valence-corrected chi connectivity index (χ0v) is 16.1. The van der Waals surface area contributed by atoms with Crippen LogP contribution in [0.5, 0.6) is 0 Å². The molecule has 0 aliphatic rings. The standard InChI is InChI=1S/C20H28N4O3/c1-4-21-20(23-14-17(25)18-9-6-12-27-18)22-11-10-15-7-5-8-16(13-15)19(26)24(2)3/h5-9,12-13,17,25H,4,10-11,14H2,1-3H3,(H2,21,22,23). The third-order valence-corrected chi connectivity index (χ3v) is 3.92. The van der Waals surface area contributed by atoms with Crippen LogP contribution in [-0.4, -0.2) is 55.6 Å². The van der Waals surface area contributed by atoms with Gasteiger partial charge in [-0.05, 0) is 43.2 Å². The summed E-state index contributed by atoms with van der Waals surface area (Å²) < 4.78 is 5.18. The Morgan fingerprint density at radius 2 is 2.07 bits per heavy atom. The highest BCUT2D eigenvalue weighted by molar-refractivity contribution is 5.94. The van der Waals surface area contributed by atoms with Crippen LogP contribution in [-0.2, 0) is 6.42 Å². The summed E-state index contributed by atoms with van der Waals surface area (Å²) >= 11 is 0. The lowest BCUT2D eigenvalue weighted by Crippen LogP contribution is -2.38. The van der Waals surface area contributed by atoms with E-state index < -0.39 is 6.10 Å². The molecule has 7 nitrogen and oxygen atoms in total. The first-order chi connectivity index (χ1) is 13.0. The Kier molecular flexibility index (Phi) is 7.88. The summed E-state index contributed by atoms with van der Waals surface area (Å²) in [5, 5.41) is 16.5. The van der Waals surface area contributed by atoms with Crippen molar-refractivity contribution in [2.24, 2.45) is 4.99 Å². The number of aliphatic hydroxyl groups is 1. The van der Waals surface area contributed by atoms with Gasteiger partial charge in [0.1, 0.15) is 11.9 Å². The number of nitrogens with one attached hydrogen (secondary N) is 2. The number of carbonyl (C=O) groups is 1. The summed E-state index contributed by atoms with van der Waals surface area (Å²) in [5.74, 6) is 1.12. The Morgan fingerprint density at radius 3 is 2.74 bits per heavy atom. The van der Waals surface area contributed by atoms with Crippen molar-refractivity contribution in [3.8, 4) is 0 Å². The number of aliphatic hydroxyl groups excluding tert-OH is 1. The molecular weight excluding hydrogens is 344 g/mol. The first-order valence-corrected chi connectivity index (χ1v) is 9.05. The third kappa shape index (κ3) is 6.45. The second kappa shape index (κ2) is 10.4. The lowest BCUT2D eigenvalue weighted by molar-refractivity contribution is 0.0827. The van der Waals surface area contributed by atoms with Crippen molar-refractivity contribution in [3.05, 3.63) is 59.5 Å². The van der Waals surface area contributed by atoms with Crippen LogP contribution >= 0.6 is 0 Å². The predicted molar refractivity (Wildman–Crippen MR) is 106 cm³/mol. The first kappa shape index (κ1) is 20.5. The third-order valence-electron chi connectivity index (χ3n) is 3.92. The van der Waals surface area contributed by atoms with E-state index in [1.165, 1.54) is 6.26 Å². The van der Waals surface area contributed by atoms with E-state index in [-0.39, 0.29) is 12.5 Å². The minimum atomic E-state index is -0.774. The molecule has 1 amide bonds. The minimum Gasteiger partial charge on any atom is -0.467 e. The molecule has 0 radical (unpaired) electrons. The molecule has 0 saturated heterocycles. The van der Waals surface area contributed by atoms with E-state index in [1.807, 2.05) is 31.2 Å². The molecule has 7 heteroatoms. The number of rotatable bonds is 8. The number of furan rings is 1. The van der Waals surface area contributed by atoms with E-state index in [1.54, 1.807) is 31.1 Å². The molecule has 1 aromatic heterocycles. The van der Waals surface area contributed by atoms with E-state index in [2.05, 4.69) is 15.6 Å². The van der Waals surface area contributed by atoms with Crippen LogP contribution in [0.25, 0.3) is 0 Å². The van der Waals surface area contributed by atoms with Gasteiger partial charge in [0.2, 0.25) is 0 Å². The Labute approximate surface area is 160 Å². The van der Waals surface area contributed by atoms with Crippen molar-refractivity contribution in [2.75, 3.05) is 33.7 Å². The average Bonchev–Trinajstić information content (AvgIpc) is 3.20. The number of benzene rings is 1. The molecule has 27 heavy (non-hydrogen) atoms. The molecule has 0 bridgehead atoms. The molecule has 0 fully saturated rings. The SMILES string of the molecule is CCNC(=NCC(O)c1ccco1)NCCc1cccc(C(=O)N(C)C)c1. The molecule has 146 valence electrons. The molecule has 0 aliphatic carbocycles. The van der Waals surface area contributed by atoms with Crippen LogP contribution in [0.3, 0.4) is 0 Å². The maximum atomic E-state index is 12.1. The summed E-state index contributed by atoms with van der Waals surface area (Å²) in [5.41, 5.74) is 1.75. The van der Waals surface area contributed by atoms with Gasteiger partial charge >= 0.3 is 0 Å². The van der Waals surface area contributed by atoms with Gasteiger partial charge in [-0.1, -0.05) is 12.1 Å². The second-order valence-corrected chi connectivity index (χ2v) is 6.33. The Balaban J connectivity index is 1.89. The predicted octanol–water partition coefficient (Wildman–Crippen LogP) is 1.81. The van der Waals surface area contributed by atoms with Crippen LogP contribution in [0.15, 0.2) is 52.1 Å². The molecule has 1 aromatic carbocycles. The molecule has 0 spiro atoms. The molecule has 1 atom stereocenters. The zero-order chi connectivity index (χ0) is 19.6. The van der Waals surface area contributed by atoms with Gasteiger partial charge < -0.3 is 25.1 Å². The van der Waals surface area contributed by atoms with Crippen molar-refractivity contribution in [1.82, 2.24) is 15.5 Å². The normalized spacial score (nSPS) is 12.5. The minimum absolute atomic E-state index is 0.00776. The van der Waals surface area contributed by atoms with Gasteiger partial charge in [0.25, 0.3) is 5.91 Å². The van der Waals surface area contributed by atoms with Crippen molar-refractivity contribution >= 4 is 11.9 Å². The Hall–Kier alpha value is -2.80. The summed E-state index contributed by atoms with van der Waals surface area (Å²) in [7, 11) is 3.49. The number of guanidine groups is 1. The van der Waals surface area contributed by atoms with E-state index in [9.17, 15) is 9.90 Å². The van der Waals surface area contributed by atoms with Gasteiger partial charge in [0, 0.05) is 32.7 Å². The number of nitrogens with zero attached hydrogens (tertiary/aromatic N) is 2. The highest BCUT2D eigenvalue weighted by atomic mass is 16.4. The fourth-order valence-corrected chi connectivity index (χ4v) is 2.53. The number of amides is 1. The van der Waals surface area contributed by atoms with Crippen LogP contribution in [0.2, 0.25) is 0 Å². The molecule has 1 unspecified atom stereocenters. The summed E-state index contributed by atoms with van der Waals surface area (Å²) in [6.07, 6.45) is 1.50. The molecule has 2 rings (SSSR count). The quantitative estimate of drug-likeness (QED) is 0.486. The maximum absolute atomic E-state index is 12.1.